The van der Waals surface area contributed by atoms with Gasteiger partial charge in [-0.25, -0.2) is 0 Å². The lowest BCUT2D eigenvalue weighted by atomic mass is 9.85. The highest BCUT2D eigenvalue weighted by Crippen LogP contribution is 2.47. The van der Waals surface area contributed by atoms with Crippen LogP contribution >= 0.6 is 11.8 Å². The van der Waals surface area contributed by atoms with Gasteiger partial charge in [0.05, 0.1) is 0 Å². The lowest BCUT2D eigenvalue weighted by molar-refractivity contribution is 0.375. The highest BCUT2D eigenvalue weighted by Gasteiger charge is 2.39. The minimum Gasteiger partial charge on any atom is -0.330 e. The van der Waals surface area contributed by atoms with Gasteiger partial charge in [0.25, 0.3) is 0 Å². The second-order valence-electron chi connectivity index (χ2n) is 3.34. The van der Waals surface area contributed by atoms with Gasteiger partial charge in [-0.3, -0.25) is 0 Å². The molecule has 0 aromatic rings. The molecule has 1 nitrogen and oxygen atoms in total. The quantitative estimate of drug-likeness (QED) is 0.708. The molecule has 1 aliphatic rings. The summed E-state index contributed by atoms with van der Waals surface area (Å²) in [4.78, 5) is 0. The average Bonchev–Trinajstić information content (AvgIpc) is 2.47. The Kier molecular flexibility index (Phi) is 3.26. The summed E-state index contributed by atoms with van der Waals surface area (Å²) < 4.78 is 0.536. The fourth-order valence-electron chi connectivity index (χ4n) is 2.15. The first-order chi connectivity index (χ1) is 5.29. The number of hydrogen-bond acceptors (Lipinski definition) is 2. The summed E-state index contributed by atoms with van der Waals surface area (Å²) in [6.07, 6.45) is 3.91. The van der Waals surface area contributed by atoms with Gasteiger partial charge in [-0.2, -0.15) is 11.8 Å². The van der Waals surface area contributed by atoms with Gasteiger partial charge in [0, 0.05) is 4.75 Å². The summed E-state index contributed by atoms with van der Waals surface area (Å²) in [6, 6.07) is 0. The summed E-state index contributed by atoms with van der Waals surface area (Å²) in [5.41, 5.74) is 5.75. The topological polar surface area (TPSA) is 26.0 Å². The van der Waals surface area contributed by atoms with Crippen molar-refractivity contribution in [1.82, 2.24) is 0 Å². The zero-order chi connectivity index (χ0) is 8.32. The molecule has 1 saturated heterocycles. The average molecular weight is 173 g/mol. The van der Waals surface area contributed by atoms with Crippen LogP contribution in [0.1, 0.15) is 33.1 Å². The van der Waals surface area contributed by atoms with E-state index in [4.69, 9.17) is 5.73 Å². The highest BCUT2D eigenvalue weighted by atomic mass is 32.2. The maximum Gasteiger partial charge on any atom is 0.0195 e. The first kappa shape index (κ1) is 9.40. The normalized spacial score (nSPS) is 29.2. The molecule has 1 heterocycles. The molecule has 0 bridgehead atoms. The van der Waals surface area contributed by atoms with Gasteiger partial charge in [0.1, 0.15) is 0 Å². The van der Waals surface area contributed by atoms with Crippen LogP contribution < -0.4 is 5.73 Å². The monoisotopic (exact) mass is 173 g/mol. The molecule has 66 valence electrons. The predicted molar refractivity (Wildman–Crippen MR) is 52.9 cm³/mol. The number of rotatable bonds is 3. The lowest BCUT2D eigenvalue weighted by Gasteiger charge is -2.31. The van der Waals surface area contributed by atoms with Crippen LogP contribution in [0.25, 0.3) is 0 Å². The summed E-state index contributed by atoms with van der Waals surface area (Å²) in [5.74, 6) is 2.10. The van der Waals surface area contributed by atoms with E-state index in [0.29, 0.717) is 4.75 Å². The maximum absolute atomic E-state index is 5.75. The summed E-state index contributed by atoms with van der Waals surface area (Å²) >= 11 is 2.14. The molecular formula is C9H19NS. The van der Waals surface area contributed by atoms with Gasteiger partial charge in [0.2, 0.25) is 0 Å². The first-order valence-corrected chi connectivity index (χ1v) is 5.61. The van der Waals surface area contributed by atoms with Crippen LogP contribution in [0.5, 0.6) is 0 Å². The molecule has 0 aromatic heterocycles. The first-order valence-electron chi connectivity index (χ1n) is 4.63. The molecule has 0 amide bonds. The highest BCUT2D eigenvalue weighted by molar-refractivity contribution is 8.00. The van der Waals surface area contributed by atoms with Crippen LogP contribution in [0.4, 0.5) is 0 Å². The van der Waals surface area contributed by atoms with E-state index in [9.17, 15) is 0 Å². The largest absolute Gasteiger partial charge is 0.330 e. The predicted octanol–water partition coefficient (Wildman–Crippen LogP) is 2.26. The summed E-state index contributed by atoms with van der Waals surface area (Å²) in [6.45, 7) is 5.48. The standard InChI is InChI=1S/C9H19NS/c1-3-9(4-2)8(7-10)5-6-11-9/h8H,3-7,10H2,1-2H3. The van der Waals surface area contributed by atoms with Crippen LogP contribution in [-0.2, 0) is 0 Å². The number of hydrogen-bond donors (Lipinski definition) is 1. The van der Waals surface area contributed by atoms with E-state index in [1.54, 1.807) is 0 Å². The smallest absolute Gasteiger partial charge is 0.0195 e. The van der Waals surface area contributed by atoms with Gasteiger partial charge < -0.3 is 5.73 Å². The minimum absolute atomic E-state index is 0.536. The van der Waals surface area contributed by atoms with Crippen LogP contribution in [0, 0.1) is 5.92 Å². The maximum atomic E-state index is 5.75. The number of thioether (sulfide) groups is 1. The van der Waals surface area contributed by atoms with Crippen molar-refractivity contribution in [3.8, 4) is 0 Å². The second-order valence-corrected chi connectivity index (χ2v) is 4.85. The second kappa shape index (κ2) is 3.81. The molecule has 0 radical (unpaired) electrons. The van der Waals surface area contributed by atoms with Crippen molar-refractivity contribution in [3.63, 3.8) is 0 Å². The molecule has 0 saturated carbocycles. The van der Waals surface area contributed by atoms with Crippen molar-refractivity contribution in [2.24, 2.45) is 11.7 Å². The van der Waals surface area contributed by atoms with E-state index < -0.39 is 0 Å². The van der Waals surface area contributed by atoms with Gasteiger partial charge >= 0.3 is 0 Å². The van der Waals surface area contributed by atoms with Crippen LogP contribution in [0.3, 0.4) is 0 Å². The third kappa shape index (κ3) is 1.57. The molecular weight excluding hydrogens is 154 g/mol. The molecule has 2 N–H and O–H groups in total. The van der Waals surface area contributed by atoms with Crippen molar-refractivity contribution in [2.45, 2.75) is 37.9 Å². The Bertz CT molecular complexity index is 121. The molecule has 1 atom stereocenters. The Morgan fingerprint density at radius 2 is 2.09 bits per heavy atom. The van der Waals surface area contributed by atoms with Crippen molar-refractivity contribution in [1.29, 1.82) is 0 Å². The van der Waals surface area contributed by atoms with E-state index in [2.05, 4.69) is 25.6 Å². The van der Waals surface area contributed by atoms with E-state index in [1.807, 2.05) is 0 Å². The van der Waals surface area contributed by atoms with Gasteiger partial charge in [0.15, 0.2) is 0 Å². The molecule has 1 unspecified atom stereocenters. The molecule has 1 aliphatic heterocycles. The van der Waals surface area contributed by atoms with Gasteiger partial charge in [-0.05, 0) is 37.5 Å². The Morgan fingerprint density at radius 1 is 1.45 bits per heavy atom. The molecule has 0 spiro atoms. The molecule has 1 rings (SSSR count). The van der Waals surface area contributed by atoms with Crippen LogP contribution in [-0.4, -0.2) is 17.0 Å². The Labute approximate surface area is 74.1 Å². The summed E-state index contributed by atoms with van der Waals surface area (Å²) in [7, 11) is 0. The molecule has 0 aliphatic carbocycles. The molecule has 2 heteroatoms. The zero-order valence-corrected chi connectivity index (χ0v) is 8.41. The van der Waals surface area contributed by atoms with Crippen molar-refractivity contribution in [2.75, 3.05) is 12.3 Å². The lowest BCUT2D eigenvalue weighted by Crippen LogP contribution is -2.33. The van der Waals surface area contributed by atoms with E-state index >= 15 is 0 Å². The Hall–Kier alpha value is 0.310. The third-order valence-electron chi connectivity index (χ3n) is 3.08. The number of nitrogens with two attached hydrogens (primary N) is 1. The summed E-state index contributed by atoms with van der Waals surface area (Å²) in [5, 5.41) is 0. The molecule has 0 aromatic carbocycles. The fourth-order valence-corrected chi connectivity index (χ4v) is 3.82. The van der Waals surface area contributed by atoms with Crippen molar-refractivity contribution >= 4 is 11.8 Å². The minimum atomic E-state index is 0.536. The third-order valence-corrected chi connectivity index (χ3v) is 5.01. The van der Waals surface area contributed by atoms with Crippen LogP contribution in [0.2, 0.25) is 0 Å². The molecule has 1 fully saturated rings. The van der Waals surface area contributed by atoms with Crippen LogP contribution in [0.15, 0.2) is 0 Å². The Morgan fingerprint density at radius 3 is 2.45 bits per heavy atom. The van der Waals surface area contributed by atoms with Gasteiger partial charge in [-0.15, -0.1) is 0 Å². The van der Waals surface area contributed by atoms with E-state index in [0.717, 1.165) is 12.5 Å². The van der Waals surface area contributed by atoms with Crippen molar-refractivity contribution < 1.29 is 0 Å². The SMILES string of the molecule is CCC1(CC)SCCC1CN. The fraction of sp³-hybridized carbons (Fsp3) is 1.00. The zero-order valence-electron chi connectivity index (χ0n) is 7.60. The van der Waals surface area contributed by atoms with Gasteiger partial charge in [-0.1, -0.05) is 13.8 Å². The van der Waals surface area contributed by atoms with Crippen molar-refractivity contribution in [3.05, 3.63) is 0 Å². The molecule has 11 heavy (non-hydrogen) atoms. The Balaban J connectivity index is 2.63. The van der Waals surface area contributed by atoms with E-state index in [-0.39, 0.29) is 0 Å². The van der Waals surface area contributed by atoms with E-state index in [1.165, 1.54) is 25.0 Å².